The third-order valence-corrected chi connectivity index (χ3v) is 19.5. The SMILES string of the molecule is Cc1cc(-c2ccccc2)cc(C)c1-c1cc(-c2[c-]cccc2)no1.Cc1cc(-c2ccccc2)cc(C)c1-c1nnc(-c2[c-]cccc2)n1C.Cc1cc(-c2ccccc2)cc(C)c1-c1oc(-c2[c-]cccc2)nc1C.Cc1cc(-c2ccccc2)cc(C)c1-c1sc(-c2[c-]cccc2)nc1C.[Ir].[Ir].[Ir].[Ir]. The molecule has 16 aromatic rings. The van der Waals surface area contributed by atoms with E-state index in [0.717, 1.165) is 84.2 Å². The predicted octanol–water partition coefficient (Wildman–Crippen LogP) is 24.6. The number of oxazole rings is 1. The Bertz CT molecular complexity index is 5160. The van der Waals surface area contributed by atoms with Crippen LogP contribution in [0, 0.1) is 93.5 Å². The summed E-state index contributed by atoms with van der Waals surface area (Å²) in [6.45, 7) is 21.3. The van der Waals surface area contributed by atoms with Crippen molar-refractivity contribution >= 4 is 11.3 Å². The van der Waals surface area contributed by atoms with Crippen LogP contribution in [0.2, 0.25) is 0 Å². The molecule has 0 amide bonds. The summed E-state index contributed by atoms with van der Waals surface area (Å²) >= 11 is 1.75. The minimum Gasteiger partial charge on any atom is -0.481 e. The van der Waals surface area contributed by atoms with E-state index < -0.39 is 0 Å². The molecule has 8 nitrogen and oxygen atoms in total. The molecule has 0 unspecified atom stereocenters. The molecule has 0 spiro atoms. The predicted molar refractivity (Wildman–Crippen MR) is 424 cm³/mol. The van der Waals surface area contributed by atoms with Gasteiger partial charge in [-0.25, -0.2) is 0 Å². The summed E-state index contributed by atoms with van der Waals surface area (Å²) in [6, 6.07) is 106. The molecule has 4 heterocycles. The summed E-state index contributed by atoms with van der Waals surface area (Å²) in [7, 11) is 2.01. The van der Waals surface area contributed by atoms with Gasteiger partial charge < -0.3 is 13.5 Å². The number of hydrogen-bond donors (Lipinski definition) is 0. The van der Waals surface area contributed by atoms with E-state index in [1.54, 1.807) is 11.3 Å². The Kier molecular flexibility index (Phi) is 28.8. The van der Waals surface area contributed by atoms with Crippen molar-refractivity contribution in [2.24, 2.45) is 7.05 Å². The largest absolute Gasteiger partial charge is 0.481 e. The molecule has 0 N–H and O–H groups in total. The van der Waals surface area contributed by atoms with Gasteiger partial charge in [0.2, 0.25) is 0 Å². The maximum absolute atomic E-state index is 6.15. The maximum atomic E-state index is 6.15. The van der Waals surface area contributed by atoms with Gasteiger partial charge in [-0.1, -0.05) is 175 Å². The van der Waals surface area contributed by atoms with Crippen LogP contribution in [0.1, 0.15) is 55.9 Å². The zero-order valence-corrected chi connectivity index (χ0v) is 71.6. The number of aromatic nitrogens is 6. The molecule has 0 aliphatic rings. The van der Waals surface area contributed by atoms with Crippen molar-refractivity contribution in [1.29, 1.82) is 0 Å². The fourth-order valence-electron chi connectivity index (χ4n) is 13.4. The average molecular weight is 2120 g/mol. The van der Waals surface area contributed by atoms with Crippen molar-refractivity contribution in [3.8, 4) is 134 Å². The number of hydrogen-bond acceptors (Lipinski definition) is 8. The molecule has 0 fully saturated rings. The topological polar surface area (TPSA) is 95.7 Å². The molecular weight excluding hydrogens is 2050 g/mol. The van der Waals surface area contributed by atoms with Crippen molar-refractivity contribution in [3.63, 3.8) is 0 Å². The molecule has 16 rings (SSSR count). The van der Waals surface area contributed by atoms with E-state index in [9.17, 15) is 0 Å². The quantitative estimate of drug-likeness (QED) is 0.112. The van der Waals surface area contributed by atoms with Crippen LogP contribution in [0.3, 0.4) is 0 Å². The fraction of sp³-hybridized carbons (Fsp3) is 0.117. The second-order valence-electron chi connectivity index (χ2n) is 25.9. The second-order valence-corrected chi connectivity index (χ2v) is 26.9. The fourth-order valence-corrected chi connectivity index (χ4v) is 14.7. The number of benzene rings is 12. The molecule has 0 bridgehead atoms. The third-order valence-electron chi connectivity index (χ3n) is 18.3. The smallest absolute Gasteiger partial charge is 0.157 e. The first-order chi connectivity index (χ1) is 50.1. The second kappa shape index (κ2) is 37.8. The number of rotatable bonds is 12. The Hall–Kier alpha value is -9.57. The minimum absolute atomic E-state index is 0. The number of nitrogens with zero attached hydrogens (tertiary/aromatic N) is 6. The van der Waals surface area contributed by atoms with Crippen LogP contribution in [0.4, 0.5) is 0 Å². The van der Waals surface area contributed by atoms with Gasteiger partial charge in [-0.3, -0.25) is 9.97 Å². The van der Waals surface area contributed by atoms with E-state index in [1.807, 2.05) is 134 Å². The van der Waals surface area contributed by atoms with E-state index in [0.29, 0.717) is 5.89 Å². The average Bonchev–Trinajstić information content (AvgIpc) is 1.69. The van der Waals surface area contributed by atoms with Gasteiger partial charge in [0.05, 0.1) is 11.5 Å². The zero-order chi connectivity index (χ0) is 71.5. The summed E-state index contributed by atoms with van der Waals surface area (Å²) in [5, 5.41) is 14.1. The van der Waals surface area contributed by atoms with E-state index in [4.69, 9.17) is 13.9 Å². The Morgan fingerprint density at radius 3 is 1.09 bits per heavy atom. The van der Waals surface area contributed by atoms with Crippen molar-refractivity contribution in [2.75, 3.05) is 0 Å². The van der Waals surface area contributed by atoms with E-state index in [-0.39, 0.29) is 80.4 Å². The number of aryl methyl sites for hydroxylation is 10. The van der Waals surface area contributed by atoms with Crippen molar-refractivity contribution in [3.05, 3.63) is 353 Å². The first-order valence-corrected chi connectivity index (χ1v) is 35.3. The first kappa shape index (κ1) is 81.5. The Labute approximate surface area is 687 Å². The molecule has 4 radical (unpaired) electrons. The van der Waals surface area contributed by atoms with Crippen LogP contribution < -0.4 is 0 Å². The molecule has 12 aromatic carbocycles. The normalized spacial score (nSPS) is 10.5. The summed E-state index contributed by atoms with van der Waals surface area (Å²) in [5.74, 6) is 3.95. The molecule has 13 heteroatoms. The van der Waals surface area contributed by atoms with Crippen LogP contribution in [0.15, 0.2) is 282 Å². The van der Waals surface area contributed by atoms with E-state index in [2.05, 4.69) is 265 Å². The van der Waals surface area contributed by atoms with Crippen LogP contribution in [-0.4, -0.2) is 29.9 Å². The van der Waals surface area contributed by atoms with Crippen LogP contribution in [0.25, 0.3) is 134 Å². The molecule has 107 heavy (non-hydrogen) atoms. The maximum Gasteiger partial charge on any atom is 0.157 e. The van der Waals surface area contributed by atoms with Crippen molar-refractivity contribution < 1.29 is 89.4 Å². The van der Waals surface area contributed by atoms with E-state index in [1.165, 1.54) is 99.5 Å². The molecule has 0 atom stereocenters. The van der Waals surface area contributed by atoms with Crippen LogP contribution in [0.5, 0.6) is 0 Å². The van der Waals surface area contributed by atoms with Crippen LogP contribution in [-0.2, 0) is 87.5 Å². The molecular formula is C94H78Ir4N6O2S-4. The molecule has 0 aliphatic heterocycles. The van der Waals surface area contributed by atoms with Gasteiger partial charge in [-0.2, -0.15) is 16.4 Å². The standard InChI is InChI=1S/C24H20NO.C24H20NS.C23H20N3.C23H18NO.4Ir/c2*1-16-14-21(19-10-6-4-7-11-19)15-17(2)22(16)23-18(3)25-24(26-23)20-12-8-5-9-13-20;1-16-14-20(18-10-6-4-7-11-18)15-17(2)21(16)23-25-24-22(26(23)3)19-12-8-5-9-13-19;1-16-13-20(18-9-5-3-6-10-18)14-17(2)23(16)22-15-21(24-25-22)19-11-7-4-8-12-19;;;;/h3*4-12,14-15H,1-3H3;3-11,13-15H,1-2H3;;;;/q4*-1;;;;. The summed E-state index contributed by atoms with van der Waals surface area (Å²) < 4.78 is 13.8. The van der Waals surface area contributed by atoms with Gasteiger partial charge in [0, 0.05) is 125 Å². The van der Waals surface area contributed by atoms with E-state index >= 15 is 0 Å². The van der Waals surface area contributed by atoms with Crippen LogP contribution >= 0.6 is 11.3 Å². The third kappa shape index (κ3) is 19.1. The van der Waals surface area contributed by atoms with Crippen molar-refractivity contribution in [1.82, 2.24) is 29.9 Å². The van der Waals surface area contributed by atoms with Gasteiger partial charge in [0.1, 0.15) is 11.7 Å². The summed E-state index contributed by atoms with van der Waals surface area (Å²) in [6.07, 6.45) is 0. The molecule has 4 aromatic heterocycles. The Balaban J connectivity index is 0.000000163. The Morgan fingerprint density at radius 2 is 0.682 bits per heavy atom. The molecule has 0 saturated carbocycles. The summed E-state index contributed by atoms with van der Waals surface area (Å²) in [5.41, 5.74) is 30.8. The molecule has 542 valence electrons. The first-order valence-electron chi connectivity index (χ1n) is 34.5. The zero-order valence-electron chi connectivity index (χ0n) is 61.2. The van der Waals surface area contributed by atoms with Gasteiger partial charge in [-0.05, 0) is 170 Å². The van der Waals surface area contributed by atoms with Gasteiger partial charge >= 0.3 is 0 Å². The Morgan fingerprint density at radius 1 is 0.327 bits per heavy atom. The minimum atomic E-state index is 0. The number of thiazole rings is 1. The van der Waals surface area contributed by atoms with Crippen molar-refractivity contribution in [2.45, 2.75) is 69.2 Å². The van der Waals surface area contributed by atoms with Gasteiger partial charge in [0.15, 0.2) is 11.6 Å². The summed E-state index contributed by atoms with van der Waals surface area (Å²) in [4.78, 5) is 10.7. The van der Waals surface area contributed by atoms with Gasteiger partial charge in [0.25, 0.3) is 0 Å². The molecule has 0 aliphatic carbocycles. The molecule has 0 saturated heterocycles. The monoisotopic (exact) mass is 2130 g/mol. The van der Waals surface area contributed by atoms with Gasteiger partial charge in [-0.15, -0.1) is 148 Å².